The summed E-state index contributed by atoms with van der Waals surface area (Å²) < 4.78 is 35.8. The van der Waals surface area contributed by atoms with Crippen LogP contribution in [0.25, 0.3) is 0 Å². The highest BCUT2D eigenvalue weighted by molar-refractivity contribution is 5.81. The standard InChI is InChI=1S/C12H21F3N2O2/c1-8(11(19)17-7-12(13,14)15)16-6-9-4-2-3-5-10(9)18/h8-10,16,18H,2-7H2,1H3,(H,17,19). The molecule has 1 saturated carbocycles. The Hall–Kier alpha value is -0.820. The van der Waals surface area contributed by atoms with Crippen molar-refractivity contribution in [1.82, 2.24) is 10.6 Å². The molecule has 0 spiro atoms. The SMILES string of the molecule is CC(NCC1CCCCC1O)C(=O)NCC(F)(F)F. The Bertz CT molecular complexity index is 297. The maximum Gasteiger partial charge on any atom is 0.405 e. The molecule has 0 aromatic heterocycles. The van der Waals surface area contributed by atoms with Crippen LogP contribution in [0.15, 0.2) is 0 Å². The van der Waals surface area contributed by atoms with Gasteiger partial charge in [-0.3, -0.25) is 4.79 Å². The van der Waals surface area contributed by atoms with Gasteiger partial charge in [-0.25, -0.2) is 0 Å². The molecule has 0 aromatic rings. The van der Waals surface area contributed by atoms with E-state index in [0.29, 0.717) is 6.54 Å². The van der Waals surface area contributed by atoms with Crippen molar-refractivity contribution in [3.05, 3.63) is 0 Å². The lowest BCUT2D eigenvalue weighted by Gasteiger charge is -2.28. The van der Waals surface area contributed by atoms with Crippen molar-refractivity contribution in [1.29, 1.82) is 0 Å². The molecule has 3 N–H and O–H groups in total. The minimum absolute atomic E-state index is 0.0756. The second kappa shape index (κ2) is 7.09. The lowest BCUT2D eigenvalue weighted by atomic mass is 9.86. The fourth-order valence-electron chi connectivity index (χ4n) is 2.19. The molecule has 0 saturated heterocycles. The van der Waals surface area contributed by atoms with Gasteiger partial charge in [-0.1, -0.05) is 12.8 Å². The summed E-state index contributed by atoms with van der Waals surface area (Å²) in [6.45, 7) is 0.645. The van der Waals surface area contributed by atoms with Gasteiger partial charge in [0.25, 0.3) is 0 Å². The van der Waals surface area contributed by atoms with E-state index in [0.717, 1.165) is 25.7 Å². The second-order valence-corrected chi connectivity index (χ2v) is 5.07. The number of carbonyl (C=O) groups is 1. The van der Waals surface area contributed by atoms with Crippen LogP contribution < -0.4 is 10.6 Å². The Morgan fingerprint density at radius 2 is 2.00 bits per heavy atom. The summed E-state index contributed by atoms with van der Waals surface area (Å²) in [5.74, 6) is -0.603. The molecular weight excluding hydrogens is 261 g/mol. The lowest BCUT2D eigenvalue weighted by Crippen LogP contribution is -2.47. The van der Waals surface area contributed by atoms with E-state index >= 15 is 0 Å². The number of rotatable bonds is 5. The average Bonchev–Trinajstić information content (AvgIpc) is 2.33. The molecule has 0 bridgehead atoms. The maximum atomic E-state index is 11.9. The molecule has 1 amide bonds. The molecule has 19 heavy (non-hydrogen) atoms. The molecule has 3 unspecified atom stereocenters. The Labute approximate surface area is 110 Å². The third kappa shape index (κ3) is 6.24. The van der Waals surface area contributed by atoms with Crippen LogP contribution in [-0.2, 0) is 4.79 Å². The Morgan fingerprint density at radius 1 is 1.37 bits per heavy atom. The van der Waals surface area contributed by atoms with Crippen molar-refractivity contribution in [2.75, 3.05) is 13.1 Å². The maximum absolute atomic E-state index is 11.9. The number of amides is 1. The third-order valence-corrected chi connectivity index (χ3v) is 3.41. The van der Waals surface area contributed by atoms with E-state index < -0.39 is 24.7 Å². The molecule has 0 radical (unpaired) electrons. The fourth-order valence-corrected chi connectivity index (χ4v) is 2.19. The molecule has 1 aliphatic rings. The summed E-state index contributed by atoms with van der Waals surface area (Å²) in [5, 5.41) is 14.5. The molecule has 7 heteroatoms. The summed E-state index contributed by atoms with van der Waals surface area (Å²) in [5.41, 5.74) is 0. The van der Waals surface area contributed by atoms with Gasteiger partial charge in [0.1, 0.15) is 6.54 Å². The van der Waals surface area contributed by atoms with E-state index in [1.807, 2.05) is 5.32 Å². The van der Waals surface area contributed by atoms with E-state index in [-0.39, 0.29) is 12.0 Å². The van der Waals surface area contributed by atoms with Crippen LogP contribution in [0.2, 0.25) is 0 Å². The van der Waals surface area contributed by atoms with Gasteiger partial charge in [0.2, 0.25) is 5.91 Å². The summed E-state index contributed by atoms with van der Waals surface area (Å²) in [6.07, 6.45) is -1.11. The first-order chi connectivity index (χ1) is 8.79. The highest BCUT2D eigenvalue weighted by Gasteiger charge is 2.29. The van der Waals surface area contributed by atoms with Crippen LogP contribution in [0.4, 0.5) is 13.2 Å². The normalized spacial score (nSPS) is 25.9. The van der Waals surface area contributed by atoms with Gasteiger partial charge >= 0.3 is 6.18 Å². The third-order valence-electron chi connectivity index (χ3n) is 3.41. The average molecular weight is 282 g/mol. The van der Waals surface area contributed by atoms with Gasteiger partial charge in [-0.2, -0.15) is 13.2 Å². The van der Waals surface area contributed by atoms with Crippen LogP contribution in [-0.4, -0.2) is 42.4 Å². The number of hydrogen-bond acceptors (Lipinski definition) is 3. The van der Waals surface area contributed by atoms with Crippen molar-refractivity contribution in [3.8, 4) is 0 Å². The van der Waals surface area contributed by atoms with Gasteiger partial charge in [-0.15, -0.1) is 0 Å². The lowest BCUT2D eigenvalue weighted by molar-refractivity contribution is -0.139. The van der Waals surface area contributed by atoms with Crippen molar-refractivity contribution < 1.29 is 23.1 Å². The van der Waals surface area contributed by atoms with Crippen molar-refractivity contribution >= 4 is 5.91 Å². The Balaban J connectivity index is 2.26. The molecule has 112 valence electrons. The van der Waals surface area contributed by atoms with Crippen molar-refractivity contribution in [2.45, 2.75) is 50.9 Å². The summed E-state index contributed by atoms with van der Waals surface area (Å²) in [4.78, 5) is 11.4. The summed E-state index contributed by atoms with van der Waals surface area (Å²) in [7, 11) is 0. The number of carbonyl (C=O) groups excluding carboxylic acids is 1. The number of nitrogens with one attached hydrogen (secondary N) is 2. The smallest absolute Gasteiger partial charge is 0.393 e. The fraction of sp³-hybridized carbons (Fsp3) is 0.917. The monoisotopic (exact) mass is 282 g/mol. The number of alkyl halides is 3. The largest absolute Gasteiger partial charge is 0.405 e. The predicted octanol–water partition coefficient (Wildman–Crippen LogP) is 1.19. The highest BCUT2D eigenvalue weighted by atomic mass is 19.4. The molecule has 1 aliphatic carbocycles. The number of aliphatic hydroxyl groups is 1. The molecule has 1 fully saturated rings. The molecule has 0 aromatic carbocycles. The van der Waals surface area contributed by atoms with Gasteiger partial charge in [0.15, 0.2) is 0 Å². The summed E-state index contributed by atoms with van der Waals surface area (Å²) in [6, 6.07) is -0.698. The van der Waals surface area contributed by atoms with E-state index in [4.69, 9.17) is 0 Å². The van der Waals surface area contributed by atoms with Gasteiger partial charge in [-0.05, 0) is 25.7 Å². The molecular formula is C12H21F3N2O2. The van der Waals surface area contributed by atoms with Gasteiger partial charge < -0.3 is 15.7 Å². The minimum Gasteiger partial charge on any atom is -0.393 e. The predicted molar refractivity (Wildman–Crippen MR) is 64.5 cm³/mol. The zero-order valence-electron chi connectivity index (χ0n) is 11.0. The first-order valence-corrected chi connectivity index (χ1v) is 6.55. The first-order valence-electron chi connectivity index (χ1n) is 6.55. The quantitative estimate of drug-likeness (QED) is 0.710. The zero-order valence-corrected chi connectivity index (χ0v) is 11.0. The number of hydrogen-bond donors (Lipinski definition) is 3. The van der Waals surface area contributed by atoms with E-state index in [2.05, 4.69) is 5.32 Å². The summed E-state index contributed by atoms with van der Waals surface area (Å²) >= 11 is 0. The van der Waals surface area contributed by atoms with Gasteiger partial charge in [0.05, 0.1) is 12.1 Å². The van der Waals surface area contributed by atoms with Crippen LogP contribution >= 0.6 is 0 Å². The molecule has 4 nitrogen and oxygen atoms in total. The molecule has 0 heterocycles. The second-order valence-electron chi connectivity index (χ2n) is 5.07. The van der Waals surface area contributed by atoms with Crippen LogP contribution in [0, 0.1) is 5.92 Å². The Morgan fingerprint density at radius 3 is 2.58 bits per heavy atom. The van der Waals surface area contributed by atoms with E-state index in [1.165, 1.54) is 6.92 Å². The van der Waals surface area contributed by atoms with Crippen LogP contribution in [0.5, 0.6) is 0 Å². The molecule has 1 rings (SSSR count). The first kappa shape index (κ1) is 16.2. The zero-order chi connectivity index (χ0) is 14.5. The topological polar surface area (TPSA) is 61.4 Å². The molecule has 0 aliphatic heterocycles. The van der Waals surface area contributed by atoms with Gasteiger partial charge in [0, 0.05) is 6.54 Å². The van der Waals surface area contributed by atoms with Crippen molar-refractivity contribution in [2.24, 2.45) is 5.92 Å². The molecule has 3 atom stereocenters. The number of aliphatic hydroxyl groups excluding tert-OH is 1. The van der Waals surface area contributed by atoms with Crippen LogP contribution in [0.3, 0.4) is 0 Å². The Kier molecular flexibility index (Phi) is 6.06. The van der Waals surface area contributed by atoms with Crippen LogP contribution in [0.1, 0.15) is 32.6 Å². The van der Waals surface area contributed by atoms with Crippen molar-refractivity contribution in [3.63, 3.8) is 0 Å². The minimum atomic E-state index is -4.39. The van der Waals surface area contributed by atoms with E-state index in [9.17, 15) is 23.1 Å². The number of halogens is 3. The van der Waals surface area contributed by atoms with E-state index in [1.54, 1.807) is 0 Å². The highest BCUT2D eigenvalue weighted by Crippen LogP contribution is 2.23.